The van der Waals surface area contributed by atoms with E-state index >= 15 is 0 Å². The largest absolute Gasteiger partial charge is 0.497 e. The third-order valence-corrected chi connectivity index (χ3v) is 7.83. The highest BCUT2D eigenvalue weighted by Crippen LogP contribution is 2.37. The number of thiazole rings is 1. The highest BCUT2D eigenvalue weighted by Gasteiger charge is 2.35. The molecule has 0 saturated carbocycles. The van der Waals surface area contributed by atoms with Crippen molar-refractivity contribution in [3.63, 3.8) is 0 Å². The third kappa shape index (κ3) is 4.28. The quantitative estimate of drug-likeness (QED) is 0.342. The lowest BCUT2D eigenvalue weighted by molar-refractivity contribution is -0.139. The summed E-state index contributed by atoms with van der Waals surface area (Å²) >= 11 is 1.23. The number of methoxy groups -OCH3 is 2. The van der Waals surface area contributed by atoms with Crippen LogP contribution in [-0.4, -0.2) is 40.5 Å². The summed E-state index contributed by atoms with van der Waals surface area (Å²) in [5.74, 6) is 0.485. The second kappa shape index (κ2) is 10.1. The first-order valence-electron chi connectivity index (χ1n) is 12.3. The molecule has 0 saturated heterocycles. The molecule has 0 N–H and O–H groups in total. The monoisotopic (exact) mass is 548 g/mol. The van der Waals surface area contributed by atoms with Crippen LogP contribution in [0.15, 0.2) is 62.2 Å². The molecular weight excluding hydrogens is 520 g/mol. The first-order valence-corrected chi connectivity index (χ1v) is 13.1. The van der Waals surface area contributed by atoms with Crippen LogP contribution in [0.25, 0.3) is 17.1 Å². The maximum absolute atomic E-state index is 13.9. The Morgan fingerprint density at radius 2 is 1.79 bits per heavy atom. The molecule has 1 atom stereocenters. The third-order valence-electron chi connectivity index (χ3n) is 6.85. The van der Waals surface area contributed by atoms with Gasteiger partial charge in [0.1, 0.15) is 17.5 Å². The Balaban J connectivity index is 1.75. The Bertz CT molecular complexity index is 1910. The van der Waals surface area contributed by atoms with Crippen LogP contribution in [0.4, 0.5) is 0 Å². The van der Waals surface area contributed by atoms with Gasteiger partial charge < -0.3 is 14.2 Å². The number of fused-ring (bicyclic) bond motifs is 2. The van der Waals surface area contributed by atoms with E-state index in [0.29, 0.717) is 32.1 Å². The van der Waals surface area contributed by atoms with Gasteiger partial charge in [-0.15, -0.1) is 0 Å². The summed E-state index contributed by atoms with van der Waals surface area (Å²) in [4.78, 5) is 44.5. The number of carbonyl (C=O) groups is 1. The topological polar surface area (TPSA) is 106 Å². The van der Waals surface area contributed by atoms with Crippen LogP contribution in [0.2, 0.25) is 0 Å². The van der Waals surface area contributed by atoms with Crippen LogP contribution in [0, 0.1) is 0 Å². The van der Waals surface area contributed by atoms with Crippen LogP contribution >= 0.6 is 11.3 Å². The van der Waals surface area contributed by atoms with E-state index in [0.717, 1.165) is 16.6 Å². The first-order chi connectivity index (χ1) is 18.7. The summed E-state index contributed by atoms with van der Waals surface area (Å²) in [6.45, 7) is 3.64. The lowest BCUT2D eigenvalue weighted by Gasteiger charge is -2.26. The zero-order chi connectivity index (χ0) is 28.0. The second-order valence-electron chi connectivity index (χ2n) is 9.06. The Morgan fingerprint density at radius 1 is 1.05 bits per heavy atom. The Hall–Kier alpha value is -4.38. The summed E-state index contributed by atoms with van der Waals surface area (Å²) < 4.78 is 21.5. The van der Waals surface area contributed by atoms with E-state index in [1.165, 1.54) is 23.0 Å². The van der Waals surface area contributed by atoms with Crippen LogP contribution < -0.4 is 30.1 Å². The number of nitrogens with zero attached hydrogens (tertiary/aromatic N) is 4. The smallest absolute Gasteiger partial charge is 0.338 e. The molecule has 5 rings (SSSR count). The van der Waals surface area contributed by atoms with E-state index in [1.807, 2.05) is 18.2 Å². The van der Waals surface area contributed by atoms with Crippen molar-refractivity contribution < 1.29 is 19.0 Å². The molecule has 0 spiro atoms. The van der Waals surface area contributed by atoms with Gasteiger partial charge in [-0.25, -0.2) is 14.6 Å². The fraction of sp³-hybridized carbons (Fsp3) is 0.286. The number of aryl methyl sites for hydroxylation is 2. The fourth-order valence-electron chi connectivity index (χ4n) is 4.90. The maximum Gasteiger partial charge on any atom is 0.338 e. The van der Waals surface area contributed by atoms with Crippen LogP contribution in [0.5, 0.6) is 11.5 Å². The Labute approximate surface area is 227 Å². The zero-order valence-electron chi connectivity index (χ0n) is 22.5. The molecule has 1 aliphatic rings. The molecule has 0 unspecified atom stereocenters. The number of benzene rings is 2. The maximum atomic E-state index is 13.9. The number of hydrogen-bond donors (Lipinski definition) is 0. The van der Waals surface area contributed by atoms with Gasteiger partial charge in [0.05, 0.1) is 47.7 Å². The second-order valence-corrected chi connectivity index (χ2v) is 10.1. The van der Waals surface area contributed by atoms with Gasteiger partial charge in [0.15, 0.2) is 4.80 Å². The molecule has 10 nitrogen and oxygen atoms in total. The van der Waals surface area contributed by atoms with Crippen molar-refractivity contribution in [3.8, 4) is 11.5 Å². The zero-order valence-corrected chi connectivity index (χ0v) is 23.3. The number of rotatable bonds is 6. The van der Waals surface area contributed by atoms with E-state index < -0.39 is 12.0 Å². The summed E-state index contributed by atoms with van der Waals surface area (Å²) in [6, 6.07) is 10.0. The van der Waals surface area contributed by atoms with Gasteiger partial charge in [0.25, 0.3) is 5.56 Å². The molecule has 0 radical (unpaired) electrons. The highest BCUT2D eigenvalue weighted by molar-refractivity contribution is 7.07. The lowest BCUT2D eigenvalue weighted by atomic mass is 9.95. The number of ether oxygens (including phenoxy) is 3. The summed E-state index contributed by atoms with van der Waals surface area (Å²) in [7, 11) is 6.51. The number of allylic oxidation sites excluding steroid dienone is 1. The molecule has 0 aliphatic carbocycles. The minimum Gasteiger partial charge on any atom is -0.497 e. The van der Waals surface area contributed by atoms with E-state index in [1.54, 1.807) is 68.5 Å². The molecule has 11 heteroatoms. The normalized spacial score (nSPS) is 15.3. The van der Waals surface area contributed by atoms with Gasteiger partial charge >= 0.3 is 11.7 Å². The van der Waals surface area contributed by atoms with Gasteiger partial charge in [-0.05, 0) is 49.8 Å². The fourth-order valence-corrected chi connectivity index (χ4v) is 5.94. The summed E-state index contributed by atoms with van der Waals surface area (Å²) in [6.07, 6.45) is 1.77. The van der Waals surface area contributed by atoms with E-state index in [2.05, 4.69) is 4.99 Å². The SMILES string of the molecule is CCOC(=O)C1=C(C)N=c2s/c(=C/c3ccc4c(c3)n(C)c(=O)n4C)c(=O)n2[C@@H]1c1ccc(OC)cc1OC. The molecule has 2 aromatic carbocycles. The number of aromatic nitrogens is 3. The summed E-state index contributed by atoms with van der Waals surface area (Å²) in [5.41, 5.74) is 3.20. The van der Waals surface area contributed by atoms with Gasteiger partial charge in [-0.1, -0.05) is 17.4 Å². The van der Waals surface area contributed by atoms with Gasteiger partial charge in [-0.3, -0.25) is 18.5 Å². The molecule has 4 aromatic rings. The minimum atomic E-state index is -0.819. The van der Waals surface area contributed by atoms with Crippen molar-refractivity contribution in [1.82, 2.24) is 13.7 Å². The molecule has 202 valence electrons. The van der Waals surface area contributed by atoms with Crippen LogP contribution in [-0.2, 0) is 23.6 Å². The lowest BCUT2D eigenvalue weighted by Crippen LogP contribution is -2.40. The molecule has 3 heterocycles. The average molecular weight is 549 g/mol. The van der Waals surface area contributed by atoms with Crippen molar-refractivity contribution >= 4 is 34.4 Å². The molecule has 0 fully saturated rings. The Morgan fingerprint density at radius 3 is 2.49 bits per heavy atom. The van der Waals surface area contributed by atoms with Crippen LogP contribution in [0.3, 0.4) is 0 Å². The van der Waals surface area contributed by atoms with E-state index in [4.69, 9.17) is 14.2 Å². The Kier molecular flexibility index (Phi) is 6.77. The molecule has 2 aromatic heterocycles. The van der Waals surface area contributed by atoms with Crippen molar-refractivity contribution in [3.05, 3.63) is 89.0 Å². The van der Waals surface area contributed by atoms with Gasteiger partial charge in [0.2, 0.25) is 0 Å². The predicted molar refractivity (Wildman–Crippen MR) is 148 cm³/mol. The average Bonchev–Trinajstić information content (AvgIpc) is 3.34. The molecule has 39 heavy (non-hydrogen) atoms. The number of esters is 1. The minimum absolute atomic E-state index is 0.128. The standard InChI is InChI=1S/C28H28N4O6S/c1-7-38-26(34)23-15(2)29-27-32(24(23)18-10-9-17(36-5)14-21(18)37-6)25(33)22(39-27)13-16-8-11-19-20(12-16)31(4)28(35)30(19)3/h8-14,24H,7H2,1-6H3/b22-13+/t24-/m1/s1. The number of imidazole rings is 1. The predicted octanol–water partition coefficient (Wildman–Crippen LogP) is 2.01. The van der Waals surface area contributed by atoms with Crippen molar-refractivity contribution in [2.24, 2.45) is 19.1 Å². The molecular formula is C28H28N4O6S. The van der Waals surface area contributed by atoms with Crippen molar-refractivity contribution in [1.29, 1.82) is 0 Å². The number of carbonyl (C=O) groups excluding carboxylic acids is 1. The molecule has 0 bridgehead atoms. The number of hydrogen-bond acceptors (Lipinski definition) is 8. The van der Waals surface area contributed by atoms with Crippen molar-refractivity contribution in [2.45, 2.75) is 19.9 Å². The van der Waals surface area contributed by atoms with Gasteiger partial charge in [0, 0.05) is 25.7 Å². The van der Waals surface area contributed by atoms with E-state index in [9.17, 15) is 14.4 Å². The van der Waals surface area contributed by atoms with Gasteiger partial charge in [-0.2, -0.15) is 0 Å². The highest BCUT2D eigenvalue weighted by atomic mass is 32.1. The molecule has 1 aliphatic heterocycles. The summed E-state index contributed by atoms with van der Waals surface area (Å²) in [5, 5.41) is 0. The molecule has 0 amide bonds. The first kappa shape index (κ1) is 26.2. The van der Waals surface area contributed by atoms with E-state index in [-0.39, 0.29) is 23.4 Å². The van der Waals surface area contributed by atoms with Crippen LogP contribution in [0.1, 0.15) is 31.0 Å². The van der Waals surface area contributed by atoms with Crippen molar-refractivity contribution in [2.75, 3.05) is 20.8 Å².